The Kier molecular flexibility index (Phi) is 6.42. The summed E-state index contributed by atoms with van der Waals surface area (Å²) in [6, 6.07) is 3.55. The van der Waals surface area contributed by atoms with Gasteiger partial charge in [-0.05, 0) is 24.3 Å². The van der Waals surface area contributed by atoms with Crippen LogP contribution in [0.3, 0.4) is 0 Å². The lowest BCUT2D eigenvalue weighted by Crippen LogP contribution is -2.32. The summed E-state index contributed by atoms with van der Waals surface area (Å²) in [5, 5.41) is 15.4. The zero-order valence-electron chi connectivity index (χ0n) is 13.4. The van der Waals surface area contributed by atoms with Crippen molar-refractivity contribution in [3.05, 3.63) is 28.3 Å². The number of ether oxygens (including phenoxy) is 1. The number of thioether (sulfide) groups is 1. The highest BCUT2D eigenvalue weighted by molar-refractivity contribution is 7.99. The molecule has 2 N–H and O–H groups in total. The number of nitrogens with zero attached hydrogens (tertiary/aromatic N) is 2. The van der Waals surface area contributed by atoms with Crippen molar-refractivity contribution in [1.29, 1.82) is 0 Å². The molecule has 0 bridgehead atoms. The van der Waals surface area contributed by atoms with Crippen LogP contribution in [-0.2, 0) is 16.1 Å². The maximum Gasteiger partial charge on any atom is 0.277 e. The number of rotatable bonds is 8. The molecule has 8 nitrogen and oxygen atoms in total. The first-order valence-electron chi connectivity index (χ1n) is 7.86. The van der Waals surface area contributed by atoms with E-state index in [0.29, 0.717) is 22.5 Å². The largest absolute Gasteiger partial charge is 0.414 e. The zero-order chi connectivity index (χ0) is 17.5. The van der Waals surface area contributed by atoms with Gasteiger partial charge >= 0.3 is 0 Å². The molecule has 0 saturated carbocycles. The molecule has 1 fully saturated rings. The fourth-order valence-electron chi connectivity index (χ4n) is 2.23. The number of hydrogen-bond acceptors (Lipinski definition) is 8. The summed E-state index contributed by atoms with van der Waals surface area (Å²) in [5.41, 5.74) is 0. The number of thiophene rings is 1. The Labute approximate surface area is 152 Å². The van der Waals surface area contributed by atoms with Crippen molar-refractivity contribution in [2.45, 2.75) is 30.7 Å². The topological polar surface area (TPSA) is 106 Å². The van der Waals surface area contributed by atoms with Gasteiger partial charge < -0.3 is 19.8 Å². The Balaban J connectivity index is 1.36. The van der Waals surface area contributed by atoms with E-state index in [0.717, 1.165) is 31.2 Å². The molecule has 1 atom stereocenters. The van der Waals surface area contributed by atoms with Gasteiger partial charge in [-0.1, -0.05) is 17.8 Å². The summed E-state index contributed by atoms with van der Waals surface area (Å²) in [6.07, 6.45) is 2.15. The summed E-state index contributed by atoms with van der Waals surface area (Å²) in [7, 11) is 0. The Morgan fingerprint density at radius 3 is 3.04 bits per heavy atom. The standard InChI is InChI=1S/C15H18N4O4S2/c20-12(16-7-10-3-1-5-22-10)9-25-15-19-18-13(23-15)8-17-14(21)11-4-2-6-24-11/h2,4,6,10H,1,3,5,7-9H2,(H,16,20)(H,17,21). The molecular formula is C15H18N4O4S2. The molecule has 0 aliphatic carbocycles. The average Bonchev–Trinajstić information content (AvgIpc) is 3.38. The molecule has 1 saturated heterocycles. The maximum absolute atomic E-state index is 11.8. The lowest BCUT2D eigenvalue weighted by Gasteiger charge is -2.09. The first kappa shape index (κ1) is 17.9. The molecule has 0 spiro atoms. The van der Waals surface area contributed by atoms with Gasteiger partial charge in [0.15, 0.2) is 0 Å². The highest BCUT2D eigenvalue weighted by Crippen LogP contribution is 2.16. The van der Waals surface area contributed by atoms with Gasteiger partial charge in [0.25, 0.3) is 11.1 Å². The fraction of sp³-hybridized carbons (Fsp3) is 0.467. The van der Waals surface area contributed by atoms with Crippen molar-refractivity contribution < 1.29 is 18.7 Å². The van der Waals surface area contributed by atoms with Crippen LogP contribution < -0.4 is 10.6 Å². The summed E-state index contributed by atoms with van der Waals surface area (Å²) < 4.78 is 10.9. The van der Waals surface area contributed by atoms with Crippen molar-refractivity contribution in [2.75, 3.05) is 18.9 Å². The molecule has 1 aliphatic heterocycles. The Morgan fingerprint density at radius 2 is 2.28 bits per heavy atom. The Bertz CT molecular complexity index is 698. The van der Waals surface area contributed by atoms with E-state index in [9.17, 15) is 9.59 Å². The molecule has 2 amide bonds. The monoisotopic (exact) mass is 382 g/mol. The van der Waals surface area contributed by atoms with E-state index in [1.54, 1.807) is 6.07 Å². The second-order valence-corrected chi connectivity index (χ2v) is 7.22. The van der Waals surface area contributed by atoms with Gasteiger partial charge in [-0.15, -0.1) is 21.5 Å². The van der Waals surface area contributed by atoms with Crippen molar-refractivity contribution in [1.82, 2.24) is 20.8 Å². The van der Waals surface area contributed by atoms with E-state index in [4.69, 9.17) is 9.15 Å². The third kappa shape index (κ3) is 5.55. The second-order valence-electron chi connectivity index (χ2n) is 5.35. The zero-order valence-corrected chi connectivity index (χ0v) is 15.0. The molecule has 3 heterocycles. The third-order valence-electron chi connectivity index (χ3n) is 3.47. The SMILES string of the molecule is O=C(CSc1nnc(CNC(=O)c2cccs2)o1)NCC1CCCO1. The maximum atomic E-state index is 11.8. The summed E-state index contributed by atoms with van der Waals surface area (Å²) in [4.78, 5) is 24.2. The van der Waals surface area contributed by atoms with Crippen molar-refractivity contribution in [2.24, 2.45) is 0 Å². The summed E-state index contributed by atoms with van der Waals surface area (Å²) in [6.45, 7) is 1.45. The van der Waals surface area contributed by atoms with Gasteiger partial charge in [0.1, 0.15) is 0 Å². The molecule has 1 unspecified atom stereocenters. The van der Waals surface area contributed by atoms with Crippen LogP contribution >= 0.6 is 23.1 Å². The molecule has 3 rings (SSSR count). The number of carbonyl (C=O) groups is 2. The third-order valence-corrected chi connectivity index (χ3v) is 5.16. The van der Waals surface area contributed by atoms with Crippen LogP contribution in [-0.4, -0.2) is 47.0 Å². The quantitative estimate of drug-likeness (QED) is 0.666. The van der Waals surface area contributed by atoms with E-state index in [-0.39, 0.29) is 30.2 Å². The summed E-state index contributed by atoms with van der Waals surface area (Å²) in [5.74, 6) is 0.199. The van der Waals surface area contributed by atoms with Gasteiger partial charge in [0.05, 0.1) is 23.3 Å². The lowest BCUT2D eigenvalue weighted by atomic mass is 10.2. The minimum Gasteiger partial charge on any atom is -0.414 e. The number of nitrogens with one attached hydrogen (secondary N) is 2. The molecule has 0 radical (unpaired) electrons. The van der Waals surface area contributed by atoms with Crippen LogP contribution in [0.1, 0.15) is 28.4 Å². The Morgan fingerprint density at radius 1 is 1.36 bits per heavy atom. The van der Waals surface area contributed by atoms with Gasteiger partial charge in [-0.3, -0.25) is 9.59 Å². The van der Waals surface area contributed by atoms with E-state index < -0.39 is 0 Å². The van der Waals surface area contributed by atoms with Crippen molar-refractivity contribution in [3.63, 3.8) is 0 Å². The predicted molar refractivity (Wildman–Crippen MR) is 92.5 cm³/mol. The van der Waals surface area contributed by atoms with Crippen LogP contribution in [0.4, 0.5) is 0 Å². The molecule has 1 aliphatic rings. The lowest BCUT2D eigenvalue weighted by molar-refractivity contribution is -0.119. The molecule has 25 heavy (non-hydrogen) atoms. The molecule has 2 aromatic rings. The normalized spacial score (nSPS) is 16.7. The van der Waals surface area contributed by atoms with Crippen LogP contribution in [0, 0.1) is 0 Å². The van der Waals surface area contributed by atoms with E-state index in [1.807, 2.05) is 11.4 Å². The van der Waals surface area contributed by atoms with Crippen LogP contribution in [0.5, 0.6) is 0 Å². The first-order valence-corrected chi connectivity index (χ1v) is 9.72. The van der Waals surface area contributed by atoms with Gasteiger partial charge in [-0.25, -0.2) is 0 Å². The highest BCUT2D eigenvalue weighted by Gasteiger charge is 2.17. The van der Waals surface area contributed by atoms with Gasteiger partial charge in [0.2, 0.25) is 11.8 Å². The van der Waals surface area contributed by atoms with Crippen molar-refractivity contribution in [3.8, 4) is 0 Å². The smallest absolute Gasteiger partial charge is 0.277 e. The van der Waals surface area contributed by atoms with E-state index in [2.05, 4.69) is 20.8 Å². The second kappa shape index (κ2) is 8.97. The highest BCUT2D eigenvalue weighted by atomic mass is 32.2. The number of aromatic nitrogens is 2. The average molecular weight is 382 g/mol. The van der Waals surface area contributed by atoms with Gasteiger partial charge in [0, 0.05) is 13.2 Å². The summed E-state index contributed by atoms with van der Waals surface area (Å²) >= 11 is 2.52. The molecular weight excluding hydrogens is 364 g/mol. The first-order chi connectivity index (χ1) is 12.2. The molecule has 134 valence electrons. The Hall–Kier alpha value is -1.91. The number of amides is 2. The number of carbonyl (C=O) groups excluding carboxylic acids is 2. The van der Waals surface area contributed by atoms with Crippen LogP contribution in [0.15, 0.2) is 27.2 Å². The van der Waals surface area contributed by atoms with E-state index >= 15 is 0 Å². The molecule has 10 heteroatoms. The minimum absolute atomic E-state index is 0.105. The van der Waals surface area contributed by atoms with Crippen molar-refractivity contribution >= 4 is 34.9 Å². The molecule has 2 aromatic heterocycles. The van der Waals surface area contributed by atoms with E-state index in [1.165, 1.54) is 11.3 Å². The minimum atomic E-state index is -0.184. The van der Waals surface area contributed by atoms with Crippen LogP contribution in [0.25, 0.3) is 0 Å². The van der Waals surface area contributed by atoms with Crippen LogP contribution in [0.2, 0.25) is 0 Å². The predicted octanol–water partition coefficient (Wildman–Crippen LogP) is 1.45. The fourth-order valence-corrected chi connectivity index (χ4v) is 3.48. The molecule has 0 aromatic carbocycles. The van der Waals surface area contributed by atoms with Gasteiger partial charge in [-0.2, -0.15) is 0 Å². The number of hydrogen-bond donors (Lipinski definition) is 2.